The first-order valence-electron chi connectivity index (χ1n) is 7.21. The standard InChI is InChI=1S/C15H20N2O5S/c1-17(2)14(18)9-22-13-5-3-12(4-6-13)16-15(19)11-7-8-23(20,21)10-11/h3-6,11H,7-10H2,1-2H3,(H,16,19)/t11-/m0/s1. The summed E-state index contributed by atoms with van der Waals surface area (Å²) in [6, 6.07) is 6.58. The Morgan fingerprint density at radius 3 is 2.43 bits per heavy atom. The summed E-state index contributed by atoms with van der Waals surface area (Å²) in [5, 5.41) is 2.70. The zero-order valence-electron chi connectivity index (χ0n) is 13.1. The molecule has 2 rings (SSSR count). The van der Waals surface area contributed by atoms with Gasteiger partial charge in [-0.2, -0.15) is 0 Å². The molecule has 1 aromatic rings. The van der Waals surface area contributed by atoms with E-state index in [1.54, 1.807) is 38.4 Å². The van der Waals surface area contributed by atoms with Gasteiger partial charge in [0.15, 0.2) is 16.4 Å². The number of carbonyl (C=O) groups is 2. The van der Waals surface area contributed by atoms with Crippen LogP contribution in [-0.4, -0.2) is 57.3 Å². The van der Waals surface area contributed by atoms with Gasteiger partial charge in [0, 0.05) is 19.8 Å². The van der Waals surface area contributed by atoms with E-state index in [1.165, 1.54) is 4.90 Å². The number of likely N-dealkylation sites (N-methyl/N-ethyl adjacent to an activating group) is 1. The van der Waals surface area contributed by atoms with Crippen LogP contribution < -0.4 is 10.1 Å². The second kappa shape index (κ2) is 6.99. The smallest absolute Gasteiger partial charge is 0.259 e. The van der Waals surface area contributed by atoms with Crippen molar-refractivity contribution in [3.63, 3.8) is 0 Å². The van der Waals surface area contributed by atoms with Crippen LogP contribution in [0.5, 0.6) is 5.75 Å². The van der Waals surface area contributed by atoms with Crippen LogP contribution in [-0.2, 0) is 19.4 Å². The SMILES string of the molecule is CN(C)C(=O)COc1ccc(NC(=O)[C@H]2CCS(=O)(=O)C2)cc1. The number of anilines is 1. The van der Waals surface area contributed by atoms with Crippen LogP contribution in [0.4, 0.5) is 5.69 Å². The van der Waals surface area contributed by atoms with E-state index < -0.39 is 15.8 Å². The number of hydrogen-bond donors (Lipinski definition) is 1. The molecule has 0 spiro atoms. The van der Waals surface area contributed by atoms with Gasteiger partial charge in [0.2, 0.25) is 5.91 Å². The van der Waals surface area contributed by atoms with Crippen molar-refractivity contribution >= 4 is 27.3 Å². The quantitative estimate of drug-likeness (QED) is 0.844. The second-order valence-corrected chi connectivity index (χ2v) is 7.92. The van der Waals surface area contributed by atoms with Crippen LogP contribution >= 0.6 is 0 Å². The third-order valence-corrected chi connectivity index (χ3v) is 5.35. The van der Waals surface area contributed by atoms with Gasteiger partial charge in [0.05, 0.1) is 17.4 Å². The fourth-order valence-electron chi connectivity index (χ4n) is 2.15. The lowest BCUT2D eigenvalue weighted by Gasteiger charge is -2.12. The van der Waals surface area contributed by atoms with Crippen LogP contribution in [0.15, 0.2) is 24.3 Å². The summed E-state index contributed by atoms with van der Waals surface area (Å²) in [6.45, 7) is -0.0569. The number of rotatable bonds is 5. The highest BCUT2D eigenvalue weighted by molar-refractivity contribution is 7.91. The molecule has 1 aliphatic heterocycles. The van der Waals surface area contributed by atoms with E-state index in [2.05, 4.69) is 5.32 Å². The summed E-state index contributed by atoms with van der Waals surface area (Å²) in [7, 11) is 0.214. The van der Waals surface area contributed by atoms with Gasteiger partial charge in [-0.3, -0.25) is 9.59 Å². The molecule has 2 amide bonds. The number of hydrogen-bond acceptors (Lipinski definition) is 5. The molecule has 0 bridgehead atoms. The van der Waals surface area contributed by atoms with E-state index in [9.17, 15) is 18.0 Å². The molecule has 0 saturated carbocycles. The number of ether oxygens (including phenoxy) is 1. The molecule has 1 aromatic carbocycles. The van der Waals surface area contributed by atoms with Crippen LogP contribution in [0.2, 0.25) is 0 Å². The molecule has 0 radical (unpaired) electrons. The van der Waals surface area contributed by atoms with Gasteiger partial charge in [0.1, 0.15) is 5.75 Å². The Kier molecular flexibility index (Phi) is 5.25. The van der Waals surface area contributed by atoms with Crippen molar-refractivity contribution < 1.29 is 22.7 Å². The Morgan fingerprint density at radius 2 is 1.91 bits per heavy atom. The van der Waals surface area contributed by atoms with Gasteiger partial charge < -0.3 is 15.0 Å². The third-order valence-electron chi connectivity index (χ3n) is 3.59. The predicted octanol–water partition coefficient (Wildman–Crippen LogP) is 0.527. The Morgan fingerprint density at radius 1 is 1.26 bits per heavy atom. The van der Waals surface area contributed by atoms with Crippen LogP contribution in [0.1, 0.15) is 6.42 Å². The number of sulfone groups is 1. The average molecular weight is 340 g/mol. The zero-order valence-corrected chi connectivity index (χ0v) is 13.9. The van der Waals surface area contributed by atoms with E-state index in [0.29, 0.717) is 17.9 Å². The Balaban J connectivity index is 1.87. The molecule has 1 saturated heterocycles. The van der Waals surface area contributed by atoms with Crippen molar-refractivity contribution in [2.75, 3.05) is 37.5 Å². The second-order valence-electron chi connectivity index (χ2n) is 5.69. The molecule has 0 unspecified atom stereocenters. The summed E-state index contributed by atoms with van der Waals surface area (Å²) < 4.78 is 28.1. The van der Waals surface area contributed by atoms with Crippen LogP contribution in [0.25, 0.3) is 0 Å². The number of carbonyl (C=O) groups excluding carboxylic acids is 2. The highest BCUT2D eigenvalue weighted by atomic mass is 32.2. The lowest BCUT2D eigenvalue weighted by Crippen LogP contribution is -2.27. The summed E-state index contributed by atoms with van der Waals surface area (Å²) in [5.41, 5.74) is 0.561. The van der Waals surface area contributed by atoms with Gasteiger partial charge in [-0.05, 0) is 30.7 Å². The largest absolute Gasteiger partial charge is 0.484 e. The van der Waals surface area contributed by atoms with Crippen molar-refractivity contribution in [1.82, 2.24) is 4.90 Å². The Bertz CT molecular complexity index is 682. The highest BCUT2D eigenvalue weighted by Crippen LogP contribution is 2.21. The van der Waals surface area contributed by atoms with Gasteiger partial charge >= 0.3 is 0 Å². The first kappa shape index (κ1) is 17.3. The lowest BCUT2D eigenvalue weighted by atomic mass is 10.1. The molecular formula is C15H20N2O5S. The molecular weight excluding hydrogens is 320 g/mol. The number of nitrogens with one attached hydrogen (secondary N) is 1. The predicted molar refractivity (Wildman–Crippen MR) is 86.0 cm³/mol. The summed E-state index contributed by atoms with van der Waals surface area (Å²) >= 11 is 0. The summed E-state index contributed by atoms with van der Waals surface area (Å²) in [6.07, 6.45) is 0.363. The maximum Gasteiger partial charge on any atom is 0.259 e. The Labute approximate surface area is 135 Å². The first-order valence-corrected chi connectivity index (χ1v) is 9.03. The minimum absolute atomic E-state index is 0.0569. The lowest BCUT2D eigenvalue weighted by molar-refractivity contribution is -0.130. The average Bonchev–Trinajstić information content (AvgIpc) is 2.86. The summed E-state index contributed by atoms with van der Waals surface area (Å²) in [4.78, 5) is 24.9. The number of nitrogens with zero attached hydrogens (tertiary/aromatic N) is 1. The topological polar surface area (TPSA) is 92.8 Å². The minimum Gasteiger partial charge on any atom is -0.484 e. The zero-order chi connectivity index (χ0) is 17.0. The van der Waals surface area contributed by atoms with Gasteiger partial charge in [0.25, 0.3) is 5.91 Å². The molecule has 0 aliphatic carbocycles. The normalized spacial score (nSPS) is 19.1. The fourth-order valence-corrected chi connectivity index (χ4v) is 3.90. The molecule has 126 valence electrons. The van der Waals surface area contributed by atoms with E-state index in [4.69, 9.17) is 4.74 Å². The van der Waals surface area contributed by atoms with Gasteiger partial charge in [-0.1, -0.05) is 0 Å². The maximum atomic E-state index is 12.0. The van der Waals surface area contributed by atoms with Crippen molar-refractivity contribution in [2.24, 2.45) is 5.92 Å². The van der Waals surface area contributed by atoms with Crippen molar-refractivity contribution in [2.45, 2.75) is 6.42 Å². The first-order chi connectivity index (χ1) is 10.8. The molecule has 23 heavy (non-hydrogen) atoms. The van der Waals surface area contributed by atoms with Crippen LogP contribution in [0.3, 0.4) is 0 Å². The van der Waals surface area contributed by atoms with Crippen molar-refractivity contribution in [1.29, 1.82) is 0 Å². The van der Waals surface area contributed by atoms with E-state index in [0.717, 1.165) is 0 Å². The van der Waals surface area contributed by atoms with Gasteiger partial charge in [-0.15, -0.1) is 0 Å². The highest BCUT2D eigenvalue weighted by Gasteiger charge is 2.32. The van der Waals surface area contributed by atoms with Crippen molar-refractivity contribution in [3.05, 3.63) is 24.3 Å². The monoisotopic (exact) mass is 340 g/mol. The molecule has 1 atom stereocenters. The molecule has 7 nitrogen and oxygen atoms in total. The molecule has 1 N–H and O–H groups in total. The minimum atomic E-state index is -3.08. The van der Waals surface area contributed by atoms with E-state index in [-0.39, 0.29) is 29.9 Å². The Hall–Kier alpha value is -2.09. The van der Waals surface area contributed by atoms with E-state index in [1.807, 2.05) is 0 Å². The summed E-state index contributed by atoms with van der Waals surface area (Å²) in [5.74, 6) is -0.438. The molecule has 1 aliphatic rings. The molecule has 1 heterocycles. The number of benzene rings is 1. The molecule has 8 heteroatoms. The van der Waals surface area contributed by atoms with Crippen molar-refractivity contribution in [3.8, 4) is 5.75 Å². The van der Waals surface area contributed by atoms with Crippen LogP contribution in [0, 0.1) is 5.92 Å². The molecule has 0 aromatic heterocycles. The maximum absolute atomic E-state index is 12.0. The third kappa shape index (κ3) is 4.95. The van der Waals surface area contributed by atoms with Gasteiger partial charge in [-0.25, -0.2) is 8.42 Å². The number of amides is 2. The molecule has 1 fully saturated rings. The fraction of sp³-hybridized carbons (Fsp3) is 0.467. The van der Waals surface area contributed by atoms with E-state index >= 15 is 0 Å².